The first-order valence-electron chi connectivity index (χ1n) is 4.06. The smallest absolute Gasteiger partial charge is 0.211 e. The monoisotopic (exact) mass is 192 g/mol. The van der Waals surface area contributed by atoms with E-state index in [9.17, 15) is 8.42 Å². The summed E-state index contributed by atoms with van der Waals surface area (Å²) in [5.74, 6) is 0. The molecule has 0 bridgehead atoms. The summed E-state index contributed by atoms with van der Waals surface area (Å²) in [5, 5.41) is 0. The van der Waals surface area contributed by atoms with Crippen LogP contribution in [0.25, 0.3) is 0 Å². The van der Waals surface area contributed by atoms with E-state index in [1.165, 1.54) is 10.6 Å². The van der Waals surface area contributed by atoms with E-state index in [1.807, 2.05) is 14.0 Å². The zero-order valence-electron chi connectivity index (χ0n) is 7.82. The largest absolute Gasteiger partial charge is 0.301 e. The third kappa shape index (κ3) is 2.18. The molecular formula is C7H16N2O2S. The van der Waals surface area contributed by atoms with Gasteiger partial charge in [0.15, 0.2) is 0 Å². The average molecular weight is 192 g/mol. The van der Waals surface area contributed by atoms with Crippen molar-refractivity contribution < 1.29 is 8.42 Å². The van der Waals surface area contributed by atoms with Crippen molar-refractivity contribution in [2.75, 3.05) is 32.9 Å². The normalized spacial score (nSPS) is 29.1. The van der Waals surface area contributed by atoms with Gasteiger partial charge >= 0.3 is 0 Å². The first-order chi connectivity index (χ1) is 5.41. The van der Waals surface area contributed by atoms with E-state index < -0.39 is 10.0 Å². The van der Waals surface area contributed by atoms with E-state index in [0.717, 1.165) is 6.54 Å². The van der Waals surface area contributed by atoms with Crippen LogP contribution in [0.2, 0.25) is 0 Å². The van der Waals surface area contributed by atoms with Gasteiger partial charge in [0.2, 0.25) is 10.0 Å². The lowest BCUT2D eigenvalue weighted by Gasteiger charge is -2.36. The molecule has 1 heterocycles. The molecule has 0 aromatic carbocycles. The van der Waals surface area contributed by atoms with Crippen LogP contribution >= 0.6 is 0 Å². The topological polar surface area (TPSA) is 40.6 Å². The highest BCUT2D eigenvalue weighted by molar-refractivity contribution is 7.88. The maximum Gasteiger partial charge on any atom is 0.211 e. The molecule has 5 heteroatoms. The molecule has 0 aromatic rings. The van der Waals surface area contributed by atoms with E-state index in [4.69, 9.17) is 0 Å². The Morgan fingerprint density at radius 3 is 2.33 bits per heavy atom. The molecule has 0 radical (unpaired) electrons. The second-order valence-corrected chi connectivity index (χ2v) is 5.43. The van der Waals surface area contributed by atoms with E-state index in [2.05, 4.69) is 4.90 Å². The Bertz CT molecular complexity index is 250. The molecule has 0 unspecified atom stereocenters. The van der Waals surface area contributed by atoms with Crippen LogP contribution in [0.1, 0.15) is 6.92 Å². The fraction of sp³-hybridized carbons (Fsp3) is 1.00. The summed E-state index contributed by atoms with van der Waals surface area (Å²) in [4.78, 5) is 2.17. The molecule has 0 spiro atoms. The van der Waals surface area contributed by atoms with Crippen molar-refractivity contribution in [1.82, 2.24) is 9.21 Å². The minimum atomic E-state index is -2.98. The fourth-order valence-electron chi connectivity index (χ4n) is 1.32. The number of sulfonamides is 1. The van der Waals surface area contributed by atoms with Gasteiger partial charge in [0.05, 0.1) is 6.26 Å². The Morgan fingerprint density at radius 1 is 1.33 bits per heavy atom. The van der Waals surface area contributed by atoms with Crippen LogP contribution in [-0.4, -0.2) is 56.6 Å². The number of likely N-dealkylation sites (N-methyl/N-ethyl adjacent to an activating group) is 1. The van der Waals surface area contributed by atoms with Gasteiger partial charge in [-0.15, -0.1) is 0 Å². The Kier molecular flexibility index (Phi) is 2.75. The molecule has 4 nitrogen and oxygen atoms in total. The summed E-state index contributed by atoms with van der Waals surface area (Å²) in [7, 11) is -0.957. The van der Waals surface area contributed by atoms with E-state index in [0.29, 0.717) is 19.1 Å². The van der Waals surface area contributed by atoms with Crippen LogP contribution in [0.15, 0.2) is 0 Å². The molecule has 0 saturated carbocycles. The maximum atomic E-state index is 11.1. The molecule has 1 rings (SSSR count). The lowest BCUT2D eigenvalue weighted by molar-refractivity contribution is 0.160. The van der Waals surface area contributed by atoms with Crippen LogP contribution in [0.5, 0.6) is 0 Å². The standard InChI is InChI=1S/C7H16N2O2S/c1-7-6-9(12(3,10)11)5-4-8(7)2/h7H,4-6H2,1-3H3/t7-/m1/s1. The van der Waals surface area contributed by atoms with Crippen LogP contribution < -0.4 is 0 Å². The van der Waals surface area contributed by atoms with Gasteiger partial charge in [-0.25, -0.2) is 8.42 Å². The molecule has 0 N–H and O–H groups in total. The third-order valence-electron chi connectivity index (χ3n) is 2.39. The summed E-state index contributed by atoms with van der Waals surface area (Å²) in [6, 6.07) is 0.327. The van der Waals surface area contributed by atoms with Crippen LogP contribution in [0, 0.1) is 0 Å². The van der Waals surface area contributed by atoms with Gasteiger partial charge in [-0.1, -0.05) is 0 Å². The van der Waals surface area contributed by atoms with Crippen LogP contribution in [-0.2, 0) is 10.0 Å². The van der Waals surface area contributed by atoms with Crippen molar-refractivity contribution in [2.24, 2.45) is 0 Å². The van der Waals surface area contributed by atoms with Gasteiger partial charge in [-0.05, 0) is 14.0 Å². The van der Waals surface area contributed by atoms with Crippen molar-refractivity contribution >= 4 is 10.0 Å². The van der Waals surface area contributed by atoms with Crippen molar-refractivity contribution in [3.63, 3.8) is 0 Å². The predicted octanol–water partition coefficient (Wildman–Crippen LogP) is -0.418. The highest BCUT2D eigenvalue weighted by Gasteiger charge is 2.25. The molecule has 0 aliphatic carbocycles. The first-order valence-corrected chi connectivity index (χ1v) is 5.91. The Hall–Kier alpha value is -0.130. The fourth-order valence-corrected chi connectivity index (χ4v) is 2.22. The van der Waals surface area contributed by atoms with Gasteiger partial charge < -0.3 is 4.90 Å². The highest BCUT2D eigenvalue weighted by Crippen LogP contribution is 2.09. The van der Waals surface area contributed by atoms with Gasteiger partial charge in [0.25, 0.3) is 0 Å². The van der Waals surface area contributed by atoms with Crippen LogP contribution in [0.4, 0.5) is 0 Å². The van der Waals surface area contributed by atoms with Crippen molar-refractivity contribution in [1.29, 1.82) is 0 Å². The number of rotatable bonds is 1. The zero-order chi connectivity index (χ0) is 9.35. The molecular weight excluding hydrogens is 176 g/mol. The second-order valence-electron chi connectivity index (χ2n) is 3.45. The first kappa shape index (κ1) is 9.95. The average Bonchev–Trinajstić information content (AvgIpc) is 1.92. The molecule has 1 saturated heterocycles. The van der Waals surface area contributed by atoms with Gasteiger partial charge in [-0.3, -0.25) is 0 Å². The van der Waals surface area contributed by atoms with E-state index in [1.54, 1.807) is 0 Å². The summed E-state index contributed by atoms with van der Waals surface area (Å²) in [6.07, 6.45) is 1.27. The highest BCUT2D eigenvalue weighted by atomic mass is 32.2. The van der Waals surface area contributed by atoms with Gasteiger partial charge in [-0.2, -0.15) is 4.31 Å². The Balaban J connectivity index is 2.64. The maximum absolute atomic E-state index is 11.1. The number of nitrogens with zero attached hydrogens (tertiary/aromatic N) is 2. The molecule has 1 aliphatic heterocycles. The van der Waals surface area contributed by atoms with E-state index in [-0.39, 0.29) is 0 Å². The Morgan fingerprint density at radius 2 is 1.92 bits per heavy atom. The molecule has 72 valence electrons. The summed E-state index contributed by atoms with van der Waals surface area (Å²) < 4.78 is 23.8. The minimum absolute atomic E-state index is 0.327. The molecule has 0 aromatic heterocycles. The van der Waals surface area contributed by atoms with Crippen molar-refractivity contribution in [3.05, 3.63) is 0 Å². The number of hydrogen-bond acceptors (Lipinski definition) is 3. The minimum Gasteiger partial charge on any atom is -0.301 e. The molecule has 1 aliphatic rings. The van der Waals surface area contributed by atoms with Crippen molar-refractivity contribution in [3.8, 4) is 0 Å². The van der Waals surface area contributed by atoms with Gasteiger partial charge in [0, 0.05) is 25.7 Å². The predicted molar refractivity (Wildman–Crippen MR) is 48.5 cm³/mol. The molecule has 1 fully saturated rings. The molecule has 0 amide bonds. The lowest BCUT2D eigenvalue weighted by atomic mass is 10.2. The summed E-state index contributed by atoms with van der Waals surface area (Å²) in [5.41, 5.74) is 0. The quantitative estimate of drug-likeness (QED) is 0.566. The second kappa shape index (κ2) is 3.32. The zero-order valence-corrected chi connectivity index (χ0v) is 8.63. The Labute approximate surface area is 74.2 Å². The molecule has 1 atom stereocenters. The number of piperazine rings is 1. The van der Waals surface area contributed by atoms with Gasteiger partial charge in [0.1, 0.15) is 0 Å². The number of hydrogen-bond donors (Lipinski definition) is 0. The van der Waals surface area contributed by atoms with Crippen LogP contribution in [0.3, 0.4) is 0 Å². The SMILES string of the molecule is C[C@@H]1CN(S(C)(=O)=O)CCN1C. The summed E-state index contributed by atoms with van der Waals surface area (Å²) in [6.45, 7) is 4.11. The molecule has 12 heavy (non-hydrogen) atoms. The summed E-state index contributed by atoms with van der Waals surface area (Å²) >= 11 is 0. The van der Waals surface area contributed by atoms with Crippen molar-refractivity contribution in [2.45, 2.75) is 13.0 Å². The van der Waals surface area contributed by atoms with E-state index >= 15 is 0 Å². The third-order valence-corrected chi connectivity index (χ3v) is 3.66. The lowest BCUT2D eigenvalue weighted by Crippen LogP contribution is -2.51.